The molecule has 0 aromatic heterocycles. The van der Waals surface area contributed by atoms with E-state index in [-0.39, 0.29) is 0 Å². The van der Waals surface area contributed by atoms with Crippen LogP contribution in [0.3, 0.4) is 0 Å². The molecule has 0 amide bonds. The van der Waals surface area contributed by atoms with E-state index in [1.807, 2.05) is 0 Å². The molecule has 0 saturated heterocycles. The summed E-state index contributed by atoms with van der Waals surface area (Å²) in [6, 6.07) is 0. The van der Waals surface area contributed by atoms with Gasteiger partial charge in [0.25, 0.3) is 0 Å². The third-order valence-electron chi connectivity index (χ3n) is 4.18. The predicted molar refractivity (Wildman–Crippen MR) is 104 cm³/mol. The lowest BCUT2D eigenvalue weighted by atomic mass is 10.1. The Hall–Kier alpha value is 0.247. The van der Waals surface area contributed by atoms with Gasteiger partial charge in [-0.15, -0.1) is 0 Å². The zero-order valence-electron chi connectivity index (χ0n) is 16.5. The summed E-state index contributed by atoms with van der Waals surface area (Å²) in [5.74, 6) is 0. The topological polar surface area (TPSA) is 85.2 Å². The highest BCUT2D eigenvalue weighted by Crippen LogP contribution is 2.49. The van der Waals surface area contributed by atoms with Crippen LogP contribution in [0.2, 0.25) is 0 Å². The Morgan fingerprint density at radius 1 is 0.760 bits per heavy atom. The first-order valence-electron chi connectivity index (χ1n) is 9.84. The second kappa shape index (κ2) is 14.3. The summed E-state index contributed by atoms with van der Waals surface area (Å²) >= 11 is 0. The molecule has 0 aromatic rings. The van der Waals surface area contributed by atoms with Crippen molar-refractivity contribution in [3.05, 3.63) is 0 Å². The Labute approximate surface area is 155 Å². The van der Waals surface area contributed by atoms with Gasteiger partial charge in [-0.2, -0.15) is 0 Å². The summed E-state index contributed by atoms with van der Waals surface area (Å²) in [6.07, 6.45) is 9.43. The summed E-state index contributed by atoms with van der Waals surface area (Å²) < 4.78 is 29.3. The van der Waals surface area contributed by atoms with Gasteiger partial charge in [0.05, 0.1) is 0 Å². The summed E-state index contributed by atoms with van der Waals surface area (Å²) in [6.45, 7) is 8.56. The van der Waals surface area contributed by atoms with Crippen LogP contribution in [0, 0.1) is 0 Å². The minimum Gasteiger partial charge on any atom is -0.373 e. The molecule has 0 aliphatic carbocycles. The molecule has 1 unspecified atom stereocenters. The Bertz CT molecular complexity index is 346. The second-order valence-electron chi connectivity index (χ2n) is 6.27. The van der Waals surface area contributed by atoms with Crippen molar-refractivity contribution in [2.24, 2.45) is 0 Å². The average Bonchev–Trinajstić information content (AvgIpc) is 2.52. The van der Waals surface area contributed by atoms with Gasteiger partial charge in [0.2, 0.25) is 0 Å². The van der Waals surface area contributed by atoms with Gasteiger partial charge in [0, 0.05) is 19.8 Å². The molecule has 0 saturated carbocycles. The highest BCUT2D eigenvalue weighted by atomic mass is 31.2. The molecule has 1 atom stereocenters. The molecular weight excluding hydrogens is 359 g/mol. The lowest BCUT2D eigenvalue weighted by Gasteiger charge is -2.35. The number of hydrogen-bond acceptors (Lipinski definition) is 4. The van der Waals surface area contributed by atoms with Crippen molar-refractivity contribution in [2.45, 2.75) is 90.8 Å². The lowest BCUT2D eigenvalue weighted by Crippen LogP contribution is -2.56. The van der Waals surface area contributed by atoms with Crippen molar-refractivity contribution < 1.29 is 27.6 Å². The number of rotatable bonds is 17. The minimum absolute atomic E-state index is 0.320. The number of hydrogen-bond donors (Lipinski definition) is 2. The standard InChI is InChI=1S/C17H39O6PSi/c1-5-9-10-11-12-13-14-15-16-17(24(18,19)20)25(21-6-2,22-7-3)23-8-4/h17H,5-16H2,1-4H3,(H2,18,19,20). The fraction of sp³-hybridized carbons (Fsp3) is 1.00. The molecule has 0 spiro atoms. The van der Waals surface area contributed by atoms with E-state index in [4.69, 9.17) is 13.3 Å². The van der Waals surface area contributed by atoms with Gasteiger partial charge in [-0.25, -0.2) is 0 Å². The van der Waals surface area contributed by atoms with Crippen molar-refractivity contribution in [2.75, 3.05) is 19.8 Å². The first-order valence-corrected chi connectivity index (χ1v) is 13.3. The van der Waals surface area contributed by atoms with Crippen LogP contribution in [-0.4, -0.2) is 43.7 Å². The SMILES string of the molecule is CCCCCCCCCCC([Si](OCC)(OCC)OCC)P(=O)(O)O. The molecule has 8 heteroatoms. The normalized spacial score (nSPS) is 14.0. The summed E-state index contributed by atoms with van der Waals surface area (Å²) in [4.78, 5) is 19.8. The van der Waals surface area contributed by atoms with E-state index in [0.717, 1.165) is 19.3 Å². The Balaban J connectivity index is 4.72. The Morgan fingerprint density at radius 2 is 1.16 bits per heavy atom. The van der Waals surface area contributed by atoms with Crippen molar-refractivity contribution >= 4 is 16.4 Å². The second-order valence-corrected chi connectivity index (χ2v) is 11.3. The smallest absolute Gasteiger partial charge is 0.373 e. The molecule has 0 aliphatic heterocycles. The van der Waals surface area contributed by atoms with Gasteiger partial charge in [0.15, 0.2) is 0 Å². The molecule has 6 nitrogen and oxygen atoms in total. The third-order valence-corrected chi connectivity index (χ3v) is 10.4. The fourth-order valence-electron chi connectivity index (χ4n) is 3.04. The van der Waals surface area contributed by atoms with Crippen LogP contribution in [0.5, 0.6) is 0 Å². The first-order chi connectivity index (χ1) is 11.9. The molecule has 152 valence electrons. The zero-order chi connectivity index (χ0) is 19.2. The van der Waals surface area contributed by atoms with Crippen LogP contribution in [0.15, 0.2) is 0 Å². The van der Waals surface area contributed by atoms with Crippen LogP contribution in [-0.2, 0) is 17.8 Å². The molecule has 0 radical (unpaired) electrons. The Kier molecular flexibility index (Phi) is 14.5. The summed E-state index contributed by atoms with van der Waals surface area (Å²) in [5.41, 5.74) is 0. The van der Waals surface area contributed by atoms with E-state index in [1.165, 1.54) is 32.1 Å². The largest absolute Gasteiger partial charge is 0.516 e. The molecule has 0 fully saturated rings. The van der Waals surface area contributed by atoms with E-state index in [0.29, 0.717) is 26.2 Å². The maximum absolute atomic E-state index is 12.1. The fourth-order valence-corrected chi connectivity index (χ4v) is 8.47. The lowest BCUT2D eigenvalue weighted by molar-refractivity contribution is 0.0656. The molecule has 0 bridgehead atoms. The van der Waals surface area contributed by atoms with Gasteiger partial charge in [-0.05, 0) is 27.2 Å². The van der Waals surface area contributed by atoms with Gasteiger partial charge < -0.3 is 23.1 Å². The molecule has 25 heavy (non-hydrogen) atoms. The van der Waals surface area contributed by atoms with Crippen molar-refractivity contribution in [1.29, 1.82) is 0 Å². The van der Waals surface area contributed by atoms with E-state index < -0.39 is 21.7 Å². The monoisotopic (exact) mass is 398 g/mol. The molecule has 0 rings (SSSR count). The van der Waals surface area contributed by atoms with Crippen LogP contribution < -0.4 is 0 Å². The quantitative estimate of drug-likeness (QED) is 0.211. The van der Waals surface area contributed by atoms with Crippen LogP contribution in [0.1, 0.15) is 85.5 Å². The van der Waals surface area contributed by atoms with Crippen LogP contribution >= 0.6 is 7.60 Å². The summed E-state index contributed by atoms with van der Waals surface area (Å²) in [5, 5.41) is -0.972. The van der Waals surface area contributed by atoms with Gasteiger partial charge in [-0.3, -0.25) is 4.57 Å². The molecule has 0 aromatic carbocycles. The van der Waals surface area contributed by atoms with E-state index in [1.54, 1.807) is 20.8 Å². The van der Waals surface area contributed by atoms with Crippen LogP contribution in [0.4, 0.5) is 0 Å². The van der Waals surface area contributed by atoms with E-state index in [2.05, 4.69) is 6.92 Å². The Morgan fingerprint density at radius 3 is 1.52 bits per heavy atom. The van der Waals surface area contributed by atoms with E-state index in [9.17, 15) is 14.4 Å². The zero-order valence-corrected chi connectivity index (χ0v) is 18.4. The van der Waals surface area contributed by atoms with Crippen molar-refractivity contribution in [3.63, 3.8) is 0 Å². The van der Waals surface area contributed by atoms with E-state index >= 15 is 0 Å². The van der Waals surface area contributed by atoms with Gasteiger partial charge in [-0.1, -0.05) is 58.3 Å². The van der Waals surface area contributed by atoms with Crippen molar-refractivity contribution in [3.8, 4) is 0 Å². The van der Waals surface area contributed by atoms with Gasteiger partial charge in [0.1, 0.15) is 5.28 Å². The third kappa shape index (κ3) is 10.2. The van der Waals surface area contributed by atoms with Crippen LogP contribution in [0.25, 0.3) is 0 Å². The highest BCUT2D eigenvalue weighted by Gasteiger charge is 2.56. The predicted octanol–water partition coefficient (Wildman–Crippen LogP) is 4.65. The molecule has 2 N–H and O–H groups in total. The first kappa shape index (κ1) is 25.2. The highest BCUT2D eigenvalue weighted by molar-refractivity contribution is 7.55. The maximum atomic E-state index is 12.1. The van der Waals surface area contributed by atoms with Gasteiger partial charge >= 0.3 is 16.4 Å². The maximum Gasteiger partial charge on any atom is 0.516 e. The molecule has 0 heterocycles. The molecule has 0 aliphatic rings. The number of unbranched alkanes of at least 4 members (excludes halogenated alkanes) is 7. The molecular formula is C17H39O6PSi. The van der Waals surface area contributed by atoms with Crippen molar-refractivity contribution in [1.82, 2.24) is 0 Å². The summed E-state index contributed by atoms with van der Waals surface area (Å²) in [7, 11) is -7.78. The minimum atomic E-state index is -4.37. The average molecular weight is 399 g/mol.